The first-order chi connectivity index (χ1) is 15.5. The van der Waals surface area contributed by atoms with Gasteiger partial charge in [0.05, 0.1) is 38.1 Å². The van der Waals surface area contributed by atoms with Crippen LogP contribution in [0.5, 0.6) is 0 Å². The van der Waals surface area contributed by atoms with Crippen LogP contribution in [-0.4, -0.2) is 32.7 Å². The van der Waals surface area contributed by atoms with Crippen LogP contribution in [0.3, 0.4) is 0 Å². The highest BCUT2D eigenvalue weighted by Crippen LogP contribution is 2.36. The predicted molar refractivity (Wildman–Crippen MR) is 130 cm³/mol. The number of benzene rings is 2. The summed E-state index contributed by atoms with van der Waals surface area (Å²) >= 11 is 18.3. The molecule has 11 heteroatoms. The van der Waals surface area contributed by atoms with Gasteiger partial charge in [0.2, 0.25) is 5.95 Å². The monoisotopic (exact) mass is 511 g/mol. The summed E-state index contributed by atoms with van der Waals surface area (Å²) in [5.74, 6) is -0.0824. The standard InChI is InChI=1S/C22H21Cl3FN5O2/c1-12(22(2,3)33)28-20-27-11-10-17(30-20)31(14-6-4-13(26)5-7-14)21(32)29-16-9-8-15(23)18(24)19(16)25/h4-12,33H,1-3H3,(H,29,32)(H,27,28,30). The molecule has 1 atom stereocenters. The van der Waals surface area contributed by atoms with Crippen molar-refractivity contribution >= 4 is 64.0 Å². The fourth-order valence-electron chi connectivity index (χ4n) is 2.65. The Hall–Kier alpha value is -2.65. The molecule has 3 N–H and O–H groups in total. The van der Waals surface area contributed by atoms with Gasteiger partial charge in [-0.15, -0.1) is 0 Å². The zero-order chi connectivity index (χ0) is 24.3. The van der Waals surface area contributed by atoms with Gasteiger partial charge in [0, 0.05) is 12.3 Å². The second-order valence-corrected chi connectivity index (χ2v) is 8.89. The summed E-state index contributed by atoms with van der Waals surface area (Å²) in [4.78, 5) is 23.1. The largest absolute Gasteiger partial charge is 0.388 e. The molecule has 1 heterocycles. The normalized spacial score (nSPS) is 12.2. The maximum absolute atomic E-state index is 13.5. The van der Waals surface area contributed by atoms with E-state index in [9.17, 15) is 14.3 Å². The van der Waals surface area contributed by atoms with Gasteiger partial charge in [-0.05, 0) is 57.2 Å². The molecule has 0 spiro atoms. The molecule has 0 saturated carbocycles. The summed E-state index contributed by atoms with van der Waals surface area (Å²) in [5.41, 5.74) is -0.477. The third-order valence-electron chi connectivity index (χ3n) is 4.84. The van der Waals surface area contributed by atoms with Crippen molar-refractivity contribution in [2.45, 2.75) is 32.4 Å². The molecule has 0 radical (unpaired) electrons. The first-order valence-electron chi connectivity index (χ1n) is 9.79. The summed E-state index contributed by atoms with van der Waals surface area (Å²) in [6, 6.07) is 8.79. The number of aliphatic hydroxyl groups is 1. The molecule has 0 bridgehead atoms. The average Bonchev–Trinajstić information content (AvgIpc) is 2.75. The second kappa shape index (κ2) is 10.1. The molecule has 2 amide bonds. The second-order valence-electron chi connectivity index (χ2n) is 7.72. The minimum atomic E-state index is -1.04. The Bertz CT molecular complexity index is 1160. The van der Waals surface area contributed by atoms with Crippen molar-refractivity contribution in [2.24, 2.45) is 0 Å². The van der Waals surface area contributed by atoms with E-state index in [0.29, 0.717) is 5.69 Å². The number of amides is 2. The molecule has 3 rings (SSSR count). The maximum Gasteiger partial charge on any atom is 0.332 e. The number of aromatic nitrogens is 2. The van der Waals surface area contributed by atoms with E-state index >= 15 is 0 Å². The lowest BCUT2D eigenvalue weighted by molar-refractivity contribution is 0.0646. The third kappa shape index (κ3) is 6.03. The zero-order valence-electron chi connectivity index (χ0n) is 17.9. The highest BCUT2D eigenvalue weighted by molar-refractivity contribution is 6.49. The summed E-state index contributed by atoms with van der Waals surface area (Å²) in [7, 11) is 0. The van der Waals surface area contributed by atoms with Gasteiger partial charge in [0.15, 0.2) is 0 Å². The van der Waals surface area contributed by atoms with Gasteiger partial charge < -0.3 is 15.7 Å². The molecule has 0 aliphatic rings. The summed E-state index contributed by atoms with van der Waals surface area (Å²) < 4.78 is 13.5. The fourth-order valence-corrected chi connectivity index (χ4v) is 3.23. The Balaban J connectivity index is 1.99. The number of carbonyl (C=O) groups is 1. The van der Waals surface area contributed by atoms with Crippen LogP contribution in [0, 0.1) is 5.82 Å². The van der Waals surface area contributed by atoms with Crippen molar-refractivity contribution in [3.05, 3.63) is 69.5 Å². The van der Waals surface area contributed by atoms with Gasteiger partial charge in [-0.25, -0.2) is 19.1 Å². The van der Waals surface area contributed by atoms with Crippen molar-refractivity contribution in [3.63, 3.8) is 0 Å². The molecule has 2 aromatic carbocycles. The Morgan fingerprint density at radius 3 is 2.39 bits per heavy atom. The number of hydrogen-bond donors (Lipinski definition) is 3. The lowest BCUT2D eigenvalue weighted by Crippen LogP contribution is -2.40. The Morgan fingerprint density at radius 2 is 1.76 bits per heavy atom. The van der Waals surface area contributed by atoms with Crippen LogP contribution in [0.25, 0.3) is 0 Å². The average molecular weight is 513 g/mol. The molecular weight excluding hydrogens is 492 g/mol. The number of hydrogen-bond acceptors (Lipinski definition) is 5. The van der Waals surface area contributed by atoms with E-state index < -0.39 is 23.5 Å². The molecule has 0 aliphatic heterocycles. The molecule has 1 unspecified atom stereocenters. The van der Waals surface area contributed by atoms with Crippen LogP contribution >= 0.6 is 34.8 Å². The Kier molecular flexibility index (Phi) is 7.64. The van der Waals surface area contributed by atoms with E-state index in [2.05, 4.69) is 20.6 Å². The quantitative estimate of drug-likeness (QED) is 0.327. The highest BCUT2D eigenvalue weighted by Gasteiger charge is 2.25. The molecule has 3 aromatic rings. The predicted octanol–water partition coefficient (Wildman–Crippen LogP) is 6.52. The fraction of sp³-hybridized carbons (Fsp3) is 0.227. The van der Waals surface area contributed by atoms with Gasteiger partial charge in [-0.2, -0.15) is 4.98 Å². The molecular formula is C22H21Cl3FN5O2. The molecule has 174 valence electrons. The van der Waals surface area contributed by atoms with Crippen LogP contribution in [0.15, 0.2) is 48.7 Å². The Labute approximate surface area is 205 Å². The first-order valence-corrected chi connectivity index (χ1v) is 10.9. The van der Waals surface area contributed by atoms with E-state index in [1.54, 1.807) is 20.8 Å². The number of halogens is 4. The minimum Gasteiger partial charge on any atom is -0.388 e. The smallest absolute Gasteiger partial charge is 0.332 e. The van der Waals surface area contributed by atoms with Gasteiger partial charge in [0.25, 0.3) is 0 Å². The van der Waals surface area contributed by atoms with E-state index in [-0.39, 0.29) is 32.5 Å². The molecule has 1 aromatic heterocycles. The number of nitrogens with one attached hydrogen (secondary N) is 2. The summed E-state index contributed by atoms with van der Waals surface area (Å²) in [6.45, 7) is 5.06. The van der Waals surface area contributed by atoms with Gasteiger partial charge in [0.1, 0.15) is 11.6 Å². The van der Waals surface area contributed by atoms with E-state index in [4.69, 9.17) is 34.8 Å². The molecule has 0 fully saturated rings. The van der Waals surface area contributed by atoms with Crippen LogP contribution < -0.4 is 15.5 Å². The van der Waals surface area contributed by atoms with E-state index in [1.165, 1.54) is 53.6 Å². The van der Waals surface area contributed by atoms with Crippen LogP contribution in [0.2, 0.25) is 15.1 Å². The van der Waals surface area contributed by atoms with Gasteiger partial charge in [-0.3, -0.25) is 0 Å². The number of rotatable bonds is 6. The van der Waals surface area contributed by atoms with E-state index in [1.807, 2.05) is 0 Å². The summed E-state index contributed by atoms with van der Waals surface area (Å²) in [6.07, 6.45) is 1.46. The van der Waals surface area contributed by atoms with Crippen molar-refractivity contribution in [3.8, 4) is 0 Å². The third-order valence-corrected chi connectivity index (χ3v) is 6.13. The number of anilines is 4. The first kappa shape index (κ1) is 25.0. The molecule has 0 aliphatic carbocycles. The van der Waals surface area contributed by atoms with Gasteiger partial charge >= 0.3 is 6.03 Å². The minimum absolute atomic E-state index is 0.0700. The lowest BCUT2D eigenvalue weighted by Gasteiger charge is -2.27. The van der Waals surface area contributed by atoms with Crippen molar-refractivity contribution in [1.29, 1.82) is 0 Å². The lowest BCUT2D eigenvalue weighted by atomic mass is 10.0. The highest BCUT2D eigenvalue weighted by atomic mass is 35.5. The van der Waals surface area contributed by atoms with Crippen molar-refractivity contribution in [1.82, 2.24) is 9.97 Å². The molecule has 0 saturated heterocycles. The summed E-state index contributed by atoms with van der Waals surface area (Å²) in [5, 5.41) is 16.3. The number of carbonyl (C=O) groups excluding carboxylic acids is 1. The zero-order valence-corrected chi connectivity index (χ0v) is 20.2. The van der Waals surface area contributed by atoms with Crippen LogP contribution in [0.1, 0.15) is 20.8 Å². The molecule has 33 heavy (non-hydrogen) atoms. The molecule has 7 nitrogen and oxygen atoms in total. The number of nitrogens with zero attached hydrogens (tertiary/aromatic N) is 3. The van der Waals surface area contributed by atoms with Crippen molar-refractivity contribution in [2.75, 3.05) is 15.5 Å². The van der Waals surface area contributed by atoms with Crippen LogP contribution in [-0.2, 0) is 0 Å². The van der Waals surface area contributed by atoms with Gasteiger partial charge in [-0.1, -0.05) is 34.8 Å². The Morgan fingerprint density at radius 1 is 1.09 bits per heavy atom. The van der Waals surface area contributed by atoms with Crippen LogP contribution in [0.4, 0.5) is 32.3 Å². The topological polar surface area (TPSA) is 90.4 Å². The van der Waals surface area contributed by atoms with E-state index in [0.717, 1.165) is 0 Å². The SMILES string of the molecule is CC(Nc1nccc(N(C(=O)Nc2ccc(Cl)c(Cl)c2Cl)c2ccc(F)cc2)n1)C(C)(C)O. The maximum atomic E-state index is 13.5. The van der Waals surface area contributed by atoms with Crippen molar-refractivity contribution < 1.29 is 14.3 Å². The number of urea groups is 1.